The van der Waals surface area contributed by atoms with Gasteiger partial charge in [-0.2, -0.15) is 0 Å². The van der Waals surface area contributed by atoms with Crippen LogP contribution in [0.1, 0.15) is 43.0 Å². The Morgan fingerprint density at radius 3 is 2.46 bits per heavy atom. The second kappa shape index (κ2) is 8.29. The van der Waals surface area contributed by atoms with E-state index in [1.165, 1.54) is 32.2 Å². The third-order valence-corrected chi connectivity index (χ3v) is 5.01. The summed E-state index contributed by atoms with van der Waals surface area (Å²) in [7, 11) is 0. The van der Waals surface area contributed by atoms with E-state index in [-0.39, 0.29) is 5.91 Å². The third kappa shape index (κ3) is 3.96. The van der Waals surface area contributed by atoms with Gasteiger partial charge in [-0.15, -0.1) is 0 Å². The Balaban J connectivity index is 1.59. The smallest absolute Gasteiger partial charge is 0.254 e. The normalized spacial score (nSPS) is 15.8. The Morgan fingerprint density at radius 2 is 1.67 bits per heavy atom. The van der Waals surface area contributed by atoms with Crippen molar-refractivity contribution in [1.82, 2.24) is 9.80 Å². The maximum absolute atomic E-state index is 12.9. The van der Waals surface area contributed by atoms with Crippen molar-refractivity contribution in [3.63, 3.8) is 0 Å². The van der Waals surface area contributed by atoms with Gasteiger partial charge in [0.25, 0.3) is 5.91 Å². The number of amides is 1. The lowest BCUT2D eigenvalue weighted by molar-refractivity contribution is 0.0637. The molecule has 3 heteroatoms. The van der Waals surface area contributed by atoms with E-state index in [0.29, 0.717) is 0 Å². The second-order valence-electron chi connectivity index (χ2n) is 6.72. The van der Waals surface area contributed by atoms with Crippen LogP contribution in [0.15, 0.2) is 42.5 Å². The predicted octanol–water partition coefficient (Wildman–Crippen LogP) is 4.18. The first-order valence-corrected chi connectivity index (χ1v) is 9.29. The van der Waals surface area contributed by atoms with Gasteiger partial charge in [-0.1, -0.05) is 62.6 Å². The van der Waals surface area contributed by atoms with Crippen molar-refractivity contribution in [3.05, 3.63) is 48.0 Å². The number of unbranched alkanes of at least 4 members (excludes halogenated alkanes) is 3. The molecule has 0 unspecified atom stereocenters. The van der Waals surface area contributed by atoms with Gasteiger partial charge < -0.3 is 4.90 Å². The van der Waals surface area contributed by atoms with Crippen molar-refractivity contribution < 1.29 is 4.79 Å². The minimum Gasteiger partial charge on any atom is -0.336 e. The van der Waals surface area contributed by atoms with Crippen LogP contribution in [-0.2, 0) is 0 Å². The molecular weight excluding hydrogens is 296 g/mol. The molecule has 0 atom stereocenters. The molecule has 0 bridgehead atoms. The molecule has 0 aromatic heterocycles. The lowest BCUT2D eigenvalue weighted by atomic mass is 10.0. The molecule has 0 radical (unpaired) electrons. The molecule has 0 aliphatic carbocycles. The van der Waals surface area contributed by atoms with E-state index in [1.54, 1.807) is 0 Å². The zero-order valence-corrected chi connectivity index (χ0v) is 14.7. The summed E-state index contributed by atoms with van der Waals surface area (Å²) >= 11 is 0. The van der Waals surface area contributed by atoms with Gasteiger partial charge in [0.2, 0.25) is 0 Å². The fraction of sp³-hybridized carbons (Fsp3) is 0.476. The summed E-state index contributed by atoms with van der Waals surface area (Å²) in [6.45, 7) is 7.12. The van der Waals surface area contributed by atoms with E-state index in [4.69, 9.17) is 0 Å². The topological polar surface area (TPSA) is 23.6 Å². The fourth-order valence-electron chi connectivity index (χ4n) is 3.52. The molecule has 2 aromatic rings. The third-order valence-electron chi connectivity index (χ3n) is 5.01. The summed E-state index contributed by atoms with van der Waals surface area (Å²) in [4.78, 5) is 17.4. The molecule has 0 saturated carbocycles. The van der Waals surface area contributed by atoms with Crippen LogP contribution in [-0.4, -0.2) is 48.4 Å². The van der Waals surface area contributed by atoms with Crippen LogP contribution in [0.25, 0.3) is 10.8 Å². The van der Waals surface area contributed by atoms with E-state index in [1.807, 2.05) is 35.2 Å². The molecule has 1 aliphatic rings. The van der Waals surface area contributed by atoms with Gasteiger partial charge in [-0.25, -0.2) is 0 Å². The highest BCUT2D eigenvalue weighted by atomic mass is 16.2. The fourth-order valence-corrected chi connectivity index (χ4v) is 3.52. The van der Waals surface area contributed by atoms with E-state index in [9.17, 15) is 4.79 Å². The largest absolute Gasteiger partial charge is 0.336 e. The molecule has 3 nitrogen and oxygen atoms in total. The van der Waals surface area contributed by atoms with Crippen LogP contribution in [0.4, 0.5) is 0 Å². The number of piperazine rings is 1. The molecule has 1 saturated heterocycles. The van der Waals surface area contributed by atoms with Crippen molar-refractivity contribution in [2.75, 3.05) is 32.7 Å². The van der Waals surface area contributed by atoms with Crippen LogP contribution in [0.2, 0.25) is 0 Å². The summed E-state index contributed by atoms with van der Waals surface area (Å²) in [5, 5.41) is 2.20. The Morgan fingerprint density at radius 1 is 0.917 bits per heavy atom. The minimum absolute atomic E-state index is 0.178. The lowest BCUT2D eigenvalue weighted by Gasteiger charge is -2.35. The molecule has 3 rings (SSSR count). The predicted molar refractivity (Wildman–Crippen MR) is 100 cm³/mol. The van der Waals surface area contributed by atoms with Crippen molar-refractivity contribution in [2.24, 2.45) is 0 Å². The molecule has 128 valence electrons. The van der Waals surface area contributed by atoms with Crippen molar-refractivity contribution in [3.8, 4) is 0 Å². The number of fused-ring (bicyclic) bond motifs is 1. The van der Waals surface area contributed by atoms with E-state index in [0.717, 1.165) is 42.5 Å². The van der Waals surface area contributed by atoms with E-state index < -0.39 is 0 Å². The maximum atomic E-state index is 12.9. The summed E-state index contributed by atoms with van der Waals surface area (Å²) in [6.07, 6.45) is 5.23. The SMILES string of the molecule is CCCCCCN1CCN(C(=O)c2cccc3ccccc23)CC1. The van der Waals surface area contributed by atoms with Crippen LogP contribution in [0, 0.1) is 0 Å². The zero-order valence-electron chi connectivity index (χ0n) is 14.7. The van der Waals surface area contributed by atoms with Gasteiger partial charge in [-0.3, -0.25) is 9.69 Å². The van der Waals surface area contributed by atoms with Gasteiger partial charge in [0.05, 0.1) is 0 Å². The number of carbonyl (C=O) groups excluding carboxylic acids is 1. The molecule has 2 aromatic carbocycles. The molecule has 0 N–H and O–H groups in total. The van der Waals surface area contributed by atoms with E-state index in [2.05, 4.69) is 24.0 Å². The molecule has 1 fully saturated rings. The molecule has 24 heavy (non-hydrogen) atoms. The summed E-state index contributed by atoms with van der Waals surface area (Å²) in [6, 6.07) is 14.2. The molecular formula is C21H28N2O. The van der Waals surface area contributed by atoms with Gasteiger partial charge in [-0.05, 0) is 29.8 Å². The van der Waals surface area contributed by atoms with Crippen LogP contribution < -0.4 is 0 Å². The summed E-state index contributed by atoms with van der Waals surface area (Å²) in [5.41, 5.74) is 0.837. The first kappa shape index (κ1) is 17.0. The van der Waals surface area contributed by atoms with Crippen molar-refractivity contribution >= 4 is 16.7 Å². The van der Waals surface area contributed by atoms with Crippen molar-refractivity contribution in [1.29, 1.82) is 0 Å². The van der Waals surface area contributed by atoms with Crippen molar-refractivity contribution in [2.45, 2.75) is 32.6 Å². The molecule has 1 heterocycles. The van der Waals surface area contributed by atoms with Gasteiger partial charge in [0.15, 0.2) is 0 Å². The Kier molecular flexibility index (Phi) is 5.86. The summed E-state index contributed by atoms with van der Waals surface area (Å²) < 4.78 is 0. The highest BCUT2D eigenvalue weighted by molar-refractivity contribution is 6.07. The zero-order chi connectivity index (χ0) is 16.8. The average molecular weight is 324 g/mol. The average Bonchev–Trinajstić information content (AvgIpc) is 2.65. The number of hydrogen-bond donors (Lipinski definition) is 0. The van der Waals surface area contributed by atoms with Gasteiger partial charge >= 0.3 is 0 Å². The summed E-state index contributed by atoms with van der Waals surface area (Å²) in [5.74, 6) is 0.178. The molecule has 0 spiro atoms. The number of carbonyl (C=O) groups is 1. The quantitative estimate of drug-likeness (QED) is 0.744. The second-order valence-corrected chi connectivity index (χ2v) is 6.72. The monoisotopic (exact) mass is 324 g/mol. The van der Waals surface area contributed by atoms with Crippen LogP contribution in [0.3, 0.4) is 0 Å². The Bertz CT molecular complexity index is 669. The van der Waals surface area contributed by atoms with Gasteiger partial charge in [0.1, 0.15) is 0 Å². The van der Waals surface area contributed by atoms with Crippen LogP contribution >= 0.6 is 0 Å². The number of rotatable bonds is 6. The number of hydrogen-bond acceptors (Lipinski definition) is 2. The highest BCUT2D eigenvalue weighted by Crippen LogP contribution is 2.20. The number of nitrogens with zero attached hydrogens (tertiary/aromatic N) is 2. The maximum Gasteiger partial charge on any atom is 0.254 e. The molecule has 1 amide bonds. The highest BCUT2D eigenvalue weighted by Gasteiger charge is 2.22. The molecule has 1 aliphatic heterocycles. The first-order valence-electron chi connectivity index (χ1n) is 9.29. The first-order chi connectivity index (χ1) is 11.8. The van der Waals surface area contributed by atoms with Crippen LogP contribution in [0.5, 0.6) is 0 Å². The Hall–Kier alpha value is -1.87. The van der Waals surface area contributed by atoms with E-state index >= 15 is 0 Å². The lowest BCUT2D eigenvalue weighted by Crippen LogP contribution is -2.48. The standard InChI is InChI=1S/C21H28N2O/c1-2-3-4-7-13-22-14-16-23(17-15-22)21(24)20-12-8-10-18-9-5-6-11-19(18)20/h5-6,8-12H,2-4,7,13-17H2,1H3. The Labute approximate surface area is 145 Å². The number of benzene rings is 2. The minimum atomic E-state index is 0.178. The van der Waals surface area contributed by atoms with Gasteiger partial charge in [0, 0.05) is 31.7 Å².